The molecule has 0 amide bonds. The average molecular weight is 525 g/mol. The van der Waals surface area contributed by atoms with Crippen LogP contribution in [0.2, 0.25) is 0 Å². The molecule has 0 saturated carbocycles. The number of halogens is 3. The number of para-hydroxylation sites is 3. The van der Waals surface area contributed by atoms with Crippen LogP contribution in [0.4, 0.5) is 30.8 Å². The van der Waals surface area contributed by atoms with Gasteiger partial charge in [0.05, 0.1) is 29.8 Å². The molecule has 2 aliphatic heterocycles. The quantitative estimate of drug-likeness (QED) is 0.417. The highest BCUT2D eigenvalue weighted by atomic mass is 19.4. The molecule has 2 saturated heterocycles. The lowest BCUT2D eigenvalue weighted by Crippen LogP contribution is -2.41. The Balaban J connectivity index is 1.25. The van der Waals surface area contributed by atoms with E-state index in [4.69, 9.17) is 19.7 Å². The summed E-state index contributed by atoms with van der Waals surface area (Å²) in [4.78, 5) is 23.0. The number of nitrogens with zero attached hydrogens (tertiary/aromatic N) is 7. The molecule has 6 rings (SSSR count). The molecule has 1 N–H and O–H groups in total. The van der Waals surface area contributed by atoms with Crippen molar-refractivity contribution in [3.05, 3.63) is 60.4 Å². The minimum atomic E-state index is -4.40. The molecule has 12 heteroatoms. The van der Waals surface area contributed by atoms with Crippen molar-refractivity contribution in [2.24, 2.45) is 0 Å². The number of anilines is 3. The third kappa shape index (κ3) is 4.95. The molecule has 2 aromatic carbocycles. The van der Waals surface area contributed by atoms with Crippen LogP contribution in [0.15, 0.2) is 54.9 Å². The van der Waals surface area contributed by atoms with Gasteiger partial charge in [-0.05, 0) is 37.1 Å². The fraction of sp³-hybridized carbons (Fsp3) is 0.385. The Morgan fingerprint density at radius 1 is 0.789 bits per heavy atom. The van der Waals surface area contributed by atoms with Crippen LogP contribution in [-0.4, -0.2) is 69.9 Å². The van der Waals surface area contributed by atoms with Crippen LogP contribution >= 0.6 is 0 Å². The van der Waals surface area contributed by atoms with Gasteiger partial charge < -0.3 is 19.9 Å². The van der Waals surface area contributed by atoms with Gasteiger partial charge >= 0.3 is 6.18 Å². The van der Waals surface area contributed by atoms with Crippen LogP contribution in [0, 0.1) is 0 Å². The zero-order valence-corrected chi connectivity index (χ0v) is 20.6. The summed E-state index contributed by atoms with van der Waals surface area (Å²) in [6.45, 7) is 3.75. The van der Waals surface area contributed by atoms with E-state index in [1.807, 2.05) is 28.8 Å². The number of morpholine rings is 1. The topological polar surface area (TPSA) is 84.2 Å². The average Bonchev–Trinajstić information content (AvgIpc) is 3.38. The Bertz CT molecular complexity index is 1410. The predicted octanol–water partition coefficient (Wildman–Crippen LogP) is 4.15. The molecule has 2 aromatic heterocycles. The lowest BCUT2D eigenvalue weighted by molar-refractivity contribution is -0.137. The first kappa shape index (κ1) is 24.4. The van der Waals surface area contributed by atoms with Crippen molar-refractivity contribution in [3.8, 4) is 5.95 Å². The molecule has 0 atom stereocenters. The molecule has 0 spiro atoms. The first-order valence-electron chi connectivity index (χ1n) is 12.6. The minimum Gasteiger partial charge on any atom is -0.382 e. The van der Waals surface area contributed by atoms with Gasteiger partial charge in [-0.3, -0.25) is 4.57 Å². The number of hydrogen-bond donors (Lipinski definition) is 1. The van der Waals surface area contributed by atoms with Crippen molar-refractivity contribution in [1.29, 1.82) is 0 Å². The zero-order valence-electron chi connectivity index (χ0n) is 20.6. The molecule has 0 bridgehead atoms. The molecule has 4 aromatic rings. The maximum Gasteiger partial charge on any atom is 0.418 e. The second-order valence-corrected chi connectivity index (χ2v) is 9.39. The van der Waals surface area contributed by atoms with Crippen LogP contribution in [0.1, 0.15) is 18.4 Å². The summed E-state index contributed by atoms with van der Waals surface area (Å²) in [5.41, 5.74) is 1.20. The molecule has 0 aliphatic carbocycles. The van der Waals surface area contributed by atoms with Crippen molar-refractivity contribution in [3.63, 3.8) is 0 Å². The van der Waals surface area contributed by atoms with Crippen LogP contribution in [-0.2, 0) is 10.9 Å². The van der Waals surface area contributed by atoms with Crippen molar-refractivity contribution >= 4 is 28.6 Å². The first-order chi connectivity index (χ1) is 18.5. The Kier molecular flexibility index (Phi) is 6.48. The minimum absolute atomic E-state index is 0.0904. The summed E-state index contributed by atoms with van der Waals surface area (Å²) >= 11 is 0. The summed E-state index contributed by atoms with van der Waals surface area (Å²) in [6.07, 6.45) is -1.40. The maximum atomic E-state index is 13.4. The number of nitrogens with one attached hydrogen (secondary N) is 1. The Labute approximate surface area is 217 Å². The van der Waals surface area contributed by atoms with Crippen molar-refractivity contribution in [1.82, 2.24) is 24.5 Å². The number of piperidine rings is 1. The standard InChI is InChI=1S/C26H27F3N8O/c27-26(28,29)19-5-1-2-6-20(19)31-18-9-11-35(12-10-18)23-32-24(36-13-15-38-16-14-36)34-25(33-23)37-17-30-21-7-3-4-8-22(21)37/h1-8,17-18,31H,9-16H2. The number of aromatic nitrogens is 5. The molecule has 9 nitrogen and oxygen atoms in total. The van der Waals surface area contributed by atoms with Gasteiger partial charge in [-0.2, -0.15) is 28.1 Å². The van der Waals surface area contributed by atoms with Gasteiger partial charge in [0.1, 0.15) is 6.33 Å². The van der Waals surface area contributed by atoms with Gasteiger partial charge in [-0.25, -0.2) is 4.98 Å². The fourth-order valence-corrected chi connectivity index (χ4v) is 4.92. The largest absolute Gasteiger partial charge is 0.418 e. The monoisotopic (exact) mass is 524 g/mol. The number of fused-ring (bicyclic) bond motifs is 1. The highest BCUT2D eigenvalue weighted by Gasteiger charge is 2.34. The van der Waals surface area contributed by atoms with Gasteiger partial charge in [0.25, 0.3) is 0 Å². The van der Waals surface area contributed by atoms with E-state index >= 15 is 0 Å². The fourth-order valence-electron chi connectivity index (χ4n) is 4.92. The van der Waals surface area contributed by atoms with E-state index in [-0.39, 0.29) is 11.7 Å². The van der Waals surface area contributed by atoms with Crippen molar-refractivity contribution < 1.29 is 17.9 Å². The third-order valence-electron chi connectivity index (χ3n) is 6.93. The summed E-state index contributed by atoms with van der Waals surface area (Å²) in [5.74, 6) is 1.60. The van der Waals surface area contributed by atoms with Crippen LogP contribution < -0.4 is 15.1 Å². The molecule has 2 fully saturated rings. The first-order valence-corrected chi connectivity index (χ1v) is 12.6. The van der Waals surface area contributed by atoms with E-state index in [0.717, 1.165) is 17.1 Å². The van der Waals surface area contributed by atoms with Gasteiger partial charge in [-0.1, -0.05) is 24.3 Å². The number of rotatable bonds is 5. The second kappa shape index (κ2) is 10.1. The van der Waals surface area contributed by atoms with Crippen molar-refractivity contribution in [2.45, 2.75) is 25.1 Å². The number of hydrogen-bond acceptors (Lipinski definition) is 8. The number of imidazole rings is 1. The number of alkyl halides is 3. The van der Waals surface area contributed by atoms with E-state index < -0.39 is 11.7 Å². The van der Waals surface area contributed by atoms with Gasteiger partial charge in [-0.15, -0.1) is 0 Å². The number of benzene rings is 2. The summed E-state index contributed by atoms with van der Waals surface area (Å²) in [7, 11) is 0. The molecular weight excluding hydrogens is 497 g/mol. The number of ether oxygens (including phenoxy) is 1. The molecule has 2 aliphatic rings. The summed E-state index contributed by atoms with van der Waals surface area (Å²) < 4.78 is 47.7. The molecule has 4 heterocycles. The Morgan fingerprint density at radius 2 is 1.42 bits per heavy atom. The van der Waals surface area contributed by atoms with E-state index in [1.165, 1.54) is 12.1 Å². The van der Waals surface area contributed by atoms with Crippen molar-refractivity contribution in [2.75, 3.05) is 54.5 Å². The van der Waals surface area contributed by atoms with Crippen LogP contribution in [0.25, 0.3) is 17.0 Å². The van der Waals surface area contributed by atoms with E-state index in [2.05, 4.69) is 20.1 Å². The van der Waals surface area contributed by atoms with Gasteiger partial charge in [0.2, 0.25) is 17.8 Å². The Morgan fingerprint density at radius 3 is 2.16 bits per heavy atom. The van der Waals surface area contributed by atoms with Gasteiger partial charge in [0, 0.05) is 37.9 Å². The molecule has 38 heavy (non-hydrogen) atoms. The second-order valence-electron chi connectivity index (χ2n) is 9.39. The predicted molar refractivity (Wildman–Crippen MR) is 138 cm³/mol. The lowest BCUT2D eigenvalue weighted by Gasteiger charge is -2.34. The molecule has 198 valence electrons. The molecular formula is C26H27F3N8O. The van der Waals surface area contributed by atoms with Crippen LogP contribution in [0.3, 0.4) is 0 Å². The van der Waals surface area contributed by atoms with E-state index in [0.29, 0.717) is 70.1 Å². The molecule has 0 unspecified atom stereocenters. The normalized spacial score (nSPS) is 17.2. The summed E-state index contributed by atoms with van der Waals surface area (Å²) in [6, 6.07) is 13.3. The highest BCUT2D eigenvalue weighted by Crippen LogP contribution is 2.35. The molecule has 0 radical (unpaired) electrons. The lowest BCUT2D eigenvalue weighted by atomic mass is 10.0. The summed E-state index contributed by atoms with van der Waals surface area (Å²) in [5, 5.41) is 3.11. The highest BCUT2D eigenvalue weighted by molar-refractivity contribution is 5.76. The SMILES string of the molecule is FC(F)(F)c1ccccc1NC1CCN(c2nc(N3CCOCC3)nc(-n3cnc4ccccc43)n2)CC1. The zero-order chi connectivity index (χ0) is 26.1. The third-order valence-corrected chi connectivity index (χ3v) is 6.93. The van der Waals surface area contributed by atoms with Gasteiger partial charge in [0.15, 0.2) is 0 Å². The maximum absolute atomic E-state index is 13.4. The smallest absolute Gasteiger partial charge is 0.382 e. The van der Waals surface area contributed by atoms with E-state index in [1.54, 1.807) is 12.4 Å². The van der Waals surface area contributed by atoms with Crippen LogP contribution in [0.5, 0.6) is 0 Å². The van der Waals surface area contributed by atoms with E-state index in [9.17, 15) is 13.2 Å². The Hall–Kier alpha value is -3.93.